The van der Waals surface area contributed by atoms with Crippen molar-refractivity contribution in [2.45, 2.75) is 24.2 Å². The molecule has 1 fully saturated rings. The van der Waals surface area contributed by atoms with Crippen molar-refractivity contribution in [3.63, 3.8) is 0 Å². The Hall–Kier alpha value is -1.91. The van der Waals surface area contributed by atoms with Crippen LogP contribution in [0, 0.1) is 0 Å². The van der Waals surface area contributed by atoms with Gasteiger partial charge in [0.25, 0.3) is 0 Å². The minimum absolute atomic E-state index is 0.166. The maximum atomic E-state index is 13.0. The molecular weight excluding hydrogens is 349 g/mol. The van der Waals surface area contributed by atoms with Crippen molar-refractivity contribution in [1.29, 1.82) is 0 Å². The summed E-state index contributed by atoms with van der Waals surface area (Å²) in [6.07, 6.45) is -1.98. The van der Waals surface area contributed by atoms with Crippen LogP contribution in [-0.2, 0) is 21.7 Å². The lowest BCUT2D eigenvalue weighted by molar-refractivity contribution is -0.137. The minimum atomic E-state index is -4.62. The van der Waals surface area contributed by atoms with Crippen LogP contribution in [0.25, 0.3) is 0 Å². The summed E-state index contributed by atoms with van der Waals surface area (Å²) >= 11 is 0. The number of carbonyl (C=O) groups excluding carboxylic acids is 1. The Morgan fingerprint density at radius 3 is 2.83 bits per heavy atom. The molecule has 7 nitrogen and oxygen atoms in total. The van der Waals surface area contributed by atoms with Crippen molar-refractivity contribution in [2.24, 2.45) is 0 Å². The average Bonchev–Trinajstić information content (AvgIpc) is 2.52. The lowest BCUT2D eigenvalue weighted by atomic mass is 10.3. The number of hydrogen-bond donors (Lipinski definition) is 1. The molecule has 0 aromatic carbocycles. The molecule has 1 aliphatic rings. The molecule has 0 bridgehead atoms. The summed E-state index contributed by atoms with van der Waals surface area (Å²) in [7, 11) is -1.59. The van der Waals surface area contributed by atoms with Crippen LogP contribution in [0.5, 0.6) is 0 Å². The first-order chi connectivity index (χ1) is 11.3. The number of carbonyl (C=O) groups is 1. The molecule has 2 rings (SSSR count). The van der Waals surface area contributed by atoms with Crippen molar-refractivity contribution < 1.29 is 26.9 Å². The van der Waals surface area contributed by atoms with Gasteiger partial charge in [-0.3, -0.25) is 4.21 Å². The second kappa shape index (κ2) is 7.77. The lowest BCUT2D eigenvalue weighted by Crippen LogP contribution is -2.38. The molecule has 0 saturated carbocycles. The number of cyclic esters (lactones) is 1. The van der Waals surface area contributed by atoms with Gasteiger partial charge < -0.3 is 15.0 Å². The fourth-order valence-electron chi connectivity index (χ4n) is 2.12. The Bertz CT molecular complexity index is 627. The summed E-state index contributed by atoms with van der Waals surface area (Å²) in [4.78, 5) is 20.1. The number of halogens is 3. The van der Waals surface area contributed by atoms with Crippen LogP contribution in [0.3, 0.4) is 0 Å². The maximum absolute atomic E-state index is 13.0. The molecule has 1 N–H and O–H groups in total. The Morgan fingerprint density at radius 1 is 1.46 bits per heavy atom. The van der Waals surface area contributed by atoms with Crippen molar-refractivity contribution in [1.82, 2.24) is 14.9 Å². The van der Waals surface area contributed by atoms with Crippen LogP contribution in [0.4, 0.5) is 23.8 Å². The van der Waals surface area contributed by atoms with Crippen LogP contribution in [-0.4, -0.2) is 57.7 Å². The molecule has 1 aromatic heterocycles. The number of anilines is 1. The Labute approximate surface area is 139 Å². The number of rotatable bonds is 6. The van der Waals surface area contributed by atoms with Gasteiger partial charge in [-0.15, -0.1) is 0 Å². The third-order valence-corrected chi connectivity index (χ3v) is 3.99. The zero-order valence-electron chi connectivity index (χ0n) is 12.9. The van der Waals surface area contributed by atoms with E-state index in [0.29, 0.717) is 32.3 Å². The summed E-state index contributed by atoms with van der Waals surface area (Å²) in [5.41, 5.74) is -1.02. The van der Waals surface area contributed by atoms with Crippen LogP contribution in [0.2, 0.25) is 0 Å². The normalized spacial score (nSPS) is 16.7. The van der Waals surface area contributed by atoms with Crippen molar-refractivity contribution in [2.75, 3.05) is 37.8 Å². The third-order valence-electron chi connectivity index (χ3n) is 3.28. The second-order valence-corrected chi connectivity index (χ2v) is 6.38. The Balaban J connectivity index is 1.98. The first kappa shape index (κ1) is 18.4. The van der Waals surface area contributed by atoms with Crippen LogP contribution in [0.1, 0.15) is 18.4 Å². The van der Waals surface area contributed by atoms with E-state index in [2.05, 4.69) is 15.3 Å². The van der Waals surface area contributed by atoms with Gasteiger partial charge in [0.15, 0.2) is 0 Å². The lowest BCUT2D eigenvalue weighted by Gasteiger charge is -2.26. The van der Waals surface area contributed by atoms with Gasteiger partial charge in [-0.2, -0.15) is 13.2 Å². The molecule has 24 heavy (non-hydrogen) atoms. The number of ether oxygens (including phenoxy) is 1. The fourth-order valence-corrected chi connectivity index (χ4v) is 2.54. The Kier molecular flexibility index (Phi) is 5.97. The highest BCUT2D eigenvalue weighted by atomic mass is 32.2. The van der Waals surface area contributed by atoms with E-state index in [-0.39, 0.29) is 11.7 Å². The summed E-state index contributed by atoms with van der Waals surface area (Å²) in [5.74, 6) is -0.413. The van der Waals surface area contributed by atoms with Gasteiger partial charge in [0, 0.05) is 32.1 Å². The molecule has 0 spiro atoms. The van der Waals surface area contributed by atoms with Crippen molar-refractivity contribution >= 4 is 22.7 Å². The van der Waals surface area contributed by atoms with E-state index in [1.54, 1.807) is 0 Å². The summed E-state index contributed by atoms with van der Waals surface area (Å²) in [6, 6.07) is 0. The number of nitrogens with one attached hydrogen (secondary N) is 1. The van der Waals surface area contributed by atoms with Gasteiger partial charge in [-0.1, -0.05) is 0 Å². The van der Waals surface area contributed by atoms with Crippen LogP contribution in [0.15, 0.2) is 11.4 Å². The largest absolute Gasteiger partial charge is 0.449 e. The molecule has 1 aromatic rings. The monoisotopic (exact) mass is 366 g/mol. The predicted octanol–water partition coefficient (Wildman–Crippen LogP) is 1.88. The van der Waals surface area contributed by atoms with Gasteiger partial charge in [0.05, 0.1) is 17.4 Å². The first-order valence-electron chi connectivity index (χ1n) is 7.22. The van der Waals surface area contributed by atoms with Crippen molar-refractivity contribution in [3.8, 4) is 0 Å². The van der Waals surface area contributed by atoms with Gasteiger partial charge in [-0.05, 0) is 12.8 Å². The van der Waals surface area contributed by atoms with Crippen LogP contribution < -0.4 is 5.32 Å². The van der Waals surface area contributed by atoms with Gasteiger partial charge in [-0.25, -0.2) is 14.8 Å². The van der Waals surface area contributed by atoms with E-state index in [9.17, 15) is 22.2 Å². The SMILES string of the molecule is CS(=O)c1ncc(C(F)(F)F)c(NCCCN2CCCOC2=O)n1. The molecule has 1 aliphatic heterocycles. The molecular formula is C13H17F3N4O3S. The van der Waals surface area contributed by atoms with Crippen molar-refractivity contribution in [3.05, 3.63) is 11.8 Å². The quantitative estimate of drug-likeness (QED) is 0.611. The highest BCUT2D eigenvalue weighted by molar-refractivity contribution is 7.84. The summed E-state index contributed by atoms with van der Waals surface area (Å²) in [6.45, 7) is 1.49. The molecule has 0 aliphatic carbocycles. The number of aromatic nitrogens is 2. The number of nitrogens with zero attached hydrogens (tertiary/aromatic N) is 3. The highest BCUT2D eigenvalue weighted by Crippen LogP contribution is 2.33. The standard InChI is InChI=1S/C13H17F3N4O3S/c1-24(22)11-18-8-9(13(14,15)16)10(19-11)17-4-2-5-20-6-3-7-23-12(20)21/h8H,2-7H2,1H3,(H,17,18,19). The maximum Gasteiger partial charge on any atom is 0.421 e. The predicted molar refractivity (Wildman–Crippen MR) is 80.0 cm³/mol. The summed E-state index contributed by atoms with van der Waals surface area (Å²) < 4.78 is 55.1. The molecule has 1 saturated heterocycles. The topological polar surface area (TPSA) is 84.4 Å². The van der Waals surface area contributed by atoms with Gasteiger partial charge >= 0.3 is 12.3 Å². The highest BCUT2D eigenvalue weighted by Gasteiger charge is 2.35. The summed E-state index contributed by atoms with van der Waals surface area (Å²) in [5, 5.41) is 2.41. The smallest absolute Gasteiger partial charge is 0.421 e. The Morgan fingerprint density at radius 2 is 2.21 bits per heavy atom. The molecule has 1 atom stereocenters. The fraction of sp³-hybridized carbons (Fsp3) is 0.615. The average molecular weight is 366 g/mol. The van der Waals surface area contributed by atoms with Gasteiger partial charge in [0.2, 0.25) is 5.16 Å². The van der Waals surface area contributed by atoms with Gasteiger partial charge in [0.1, 0.15) is 11.4 Å². The van der Waals surface area contributed by atoms with E-state index in [4.69, 9.17) is 4.74 Å². The number of amides is 1. The van der Waals surface area contributed by atoms with E-state index in [1.807, 2.05) is 0 Å². The minimum Gasteiger partial charge on any atom is -0.449 e. The molecule has 1 amide bonds. The van der Waals surface area contributed by atoms with E-state index in [1.165, 1.54) is 11.2 Å². The van der Waals surface area contributed by atoms with E-state index in [0.717, 1.165) is 6.42 Å². The zero-order valence-corrected chi connectivity index (χ0v) is 13.7. The molecule has 0 radical (unpaired) electrons. The number of alkyl halides is 3. The van der Waals surface area contributed by atoms with E-state index >= 15 is 0 Å². The second-order valence-electron chi connectivity index (χ2n) is 5.10. The molecule has 2 heterocycles. The molecule has 11 heteroatoms. The van der Waals surface area contributed by atoms with E-state index < -0.39 is 34.5 Å². The molecule has 134 valence electrons. The number of hydrogen-bond acceptors (Lipinski definition) is 6. The first-order valence-corrected chi connectivity index (χ1v) is 8.78. The third kappa shape index (κ3) is 4.79. The zero-order chi connectivity index (χ0) is 17.7. The van der Waals surface area contributed by atoms with Crippen LogP contribution >= 0.6 is 0 Å². The molecule has 1 unspecified atom stereocenters.